The van der Waals surface area contributed by atoms with Crippen molar-refractivity contribution in [3.05, 3.63) is 46.5 Å². The van der Waals surface area contributed by atoms with Crippen molar-refractivity contribution in [2.24, 2.45) is 0 Å². The molecule has 1 atom stereocenters. The quantitative estimate of drug-likeness (QED) is 0.929. The number of amides is 1. The lowest BCUT2D eigenvalue weighted by atomic mass is 10.2. The summed E-state index contributed by atoms with van der Waals surface area (Å²) < 4.78 is 20.4. The third-order valence-electron chi connectivity index (χ3n) is 3.80. The molecule has 1 saturated heterocycles. The Labute approximate surface area is 126 Å². The highest BCUT2D eigenvalue weighted by Gasteiger charge is 2.16. The lowest BCUT2D eigenvalue weighted by Crippen LogP contribution is -2.34. The van der Waals surface area contributed by atoms with Gasteiger partial charge in [0.1, 0.15) is 12.4 Å². The molecule has 116 valence electrons. The average molecular weight is 304 g/mol. The molecule has 2 aromatic rings. The smallest absolute Gasteiger partial charge is 0.240 e. The van der Waals surface area contributed by atoms with E-state index in [1.165, 1.54) is 24.3 Å². The van der Waals surface area contributed by atoms with E-state index in [-0.39, 0.29) is 29.4 Å². The van der Waals surface area contributed by atoms with Crippen molar-refractivity contribution in [3.63, 3.8) is 0 Å². The topological polar surface area (TPSA) is 60.3 Å². The number of halogens is 1. The number of rotatable bonds is 4. The zero-order valence-corrected chi connectivity index (χ0v) is 12.0. The first kappa shape index (κ1) is 14.7. The molecule has 1 aromatic heterocycles. The molecule has 1 aliphatic rings. The van der Waals surface area contributed by atoms with Gasteiger partial charge in [0.25, 0.3) is 0 Å². The highest BCUT2D eigenvalue weighted by atomic mass is 19.1. The van der Waals surface area contributed by atoms with Crippen molar-refractivity contribution in [2.45, 2.75) is 25.5 Å². The molecule has 3 rings (SSSR count). The van der Waals surface area contributed by atoms with E-state index in [1.54, 1.807) is 10.8 Å². The molecule has 1 aromatic carbocycles. The van der Waals surface area contributed by atoms with Gasteiger partial charge in [-0.3, -0.25) is 9.59 Å². The standard InChI is InChI=1S/C16H17FN2O3/c17-11-3-4-14-13(8-11)15(20)5-6-19(14)10-16(21)18-9-12-2-1-7-22-12/h3-6,8,12H,1-2,7,9-10H2,(H,18,21)/t12-/m0/s1. The van der Waals surface area contributed by atoms with Crippen LogP contribution in [0.5, 0.6) is 0 Å². The minimum Gasteiger partial charge on any atom is -0.376 e. The molecule has 2 heterocycles. The van der Waals surface area contributed by atoms with Crippen molar-refractivity contribution in [2.75, 3.05) is 13.2 Å². The first-order chi connectivity index (χ1) is 10.6. The molecule has 1 N–H and O–H groups in total. The maximum atomic E-state index is 13.3. The van der Waals surface area contributed by atoms with Gasteiger partial charge in [-0.15, -0.1) is 0 Å². The van der Waals surface area contributed by atoms with Crippen LogP contribution in [-0.2, 0) is 16.1 Å². The molecule has 22 heavy (non-hydrogen) atoms. The molecule has 0 saturated carbocycles. The molecule has 0 spiro atoms. The summed E-state index contributed by atoms with van der Waals surface area (Å²) in [6.07, 6.45) is 3.62. The summed E-state index contributed by atoms with van der Waals surface area (Å²) in [6, 6.07) is 5.33. The molecule has 0 unspecified atom stereocenters. The molecule has 0 aliphatic carbocycles. The van der Waals surface area contributed by atoms with Gasteiger partial charge in [0.2, 0.25) is 5.91 Å². The molecule has 1 amide bonds. The maximum absolute atomic E-state index is 13.3. The molecular formula is C16H17FN2O3. The number of carbonyl (C=O) groups is 1. The summed E-state index contributed by atoms with van der Waals surface area (Å²) in [5, 5.41) is 3.10. The molecule has 6 heteroatoms. The van der Waals surface area contributed by atoms with E-state index in [0.29, 0.717) is 12.1 Å². The van der Waals surface area contributed by atoms with E-state index in [2.05, 4.69) is 5.32 Å². The third-order valence-corrected chi connectivity index (χ3v) is 3.80. The fourth-order valence-electron chi connectivity index (χ4n) is 2.67. The second-order valence-corrected chi connectivity index (χ2v) is 5.41. The van der Waals surface area contributed by atoms with Gasteiger partial charge in [0, 0.05) is 30.8 Å². The van der Waals surface area contributed by atoms with Gasteiger partial charge in [0.15, 0.2) is 5.43 Å². The molecule has 1 aliphatic heterocycles. The number of hydrogen-bond donors (Lipinski definition) is 1. The highest BCUT2D eigenvalue weighted by molar-refractivity contribution is 5.82. The van der Waals surface area contributed by atoms with E-state index in [1.807, 2.05) is 0 Å². The van der Waals surface area contributed by atoms with Crippen LogP contribution in [0.2, 0.25) is 0 Å². The van der Waals surface area contributed by atoms with E-state index in [9.17, 15) is 14.0 Å². The second kappa shape index (κ2) is 6.27. The van der Waals surface area contributed by atoms with Crippen LogP contribution in [0.4, 0.5) is 4.39 Å². The lowest BCUT2D eigenvalue weighted by molar-refractivity contribution is -0.122. The van der Waals surface area contributed by atoms with Gasteiger partial charge in [0.05, 0.1) is 11.6 Å². The number of nitrogens with one attached hydrogen (secondary N) is 1. The van der Waals surface area contributed by atoms with Crippen LogP contribution >= 0.6 is 0 Å². The van der Waals surface area contributed by atoms with Crippen molar-refractivity contribution in [1.82, 2.24) is 9.88 Å². The van der Waals surface area contributed by atoms with E-state index in [0.717, 1.165) is 19.4 Å². The summed E-state index contributed by atoms with van der Waals surface area (Å²) in [5.41, 5.74) is 0.284. The summed E-state index contributed by atoms with van der Waals surface area (Å²) in [6.45, 7) is 1.32. The minimum absolute atomic E-state index is 0.0785. The third kappa shape index (κ3) is 3.17. The summed E-state index contributed by atoms with van der Waals surface area (Å²) in [5.74, 6) is -0.630. The molecule has 0 bridgehead atoms. The summed E-state index contributed by atoms with van der Waals surface area (Å²) >= 11 is 0. The summed E-state index contributed by atoms with van der Waals surface area (Å²) in [4.78, 5) is 23.8. The van der Waals surface area contributed by atoms with Crippen molar-refractivity contribution >= 4 is 16.8 Å². The molecular weight excluding hydrogens is 287 g/mol. The molecule has 5 nitrogen and oxygen atoms in total. The average Bonchev–Trinajstić information content (AvgIpc) is 3.02. The Morgan fingerprint density at radius 2 is 2.27 bits per heavy atom. The first-order valence-electron chi connectivity index (χ1n) is 7.30. The highest BCUT2D eigenvalue weighted by Crippen LogP contribution is 2.12. The Hall–Kier alpha value is -2.21. The predicted molar refractivity (Wildman–Crippen MR) is 80.1 cm³/mol. The van der Waals surface area contributed by atoms with Crippen LogP contribution in [0.3, 0.4) is 0 Å². The van der Waals surface area contributed by atoms with Crippen LogP contribution in [0.25, 0.3) is 10.9 Å². The van der Waals surface area contributed by atoms with Crippen LogP contribution in [0.1, 0.15) is 12.8 Å². The van der Waals surface area contributed by atoms with Crippen LogP contribution < -0.4 is 10.7 Å². The lowest BCUT2D eigenvalue weighted by Gasteiger charge is -2.13. The van der Waals surface area contributed by atoms with Gasteiger partial charge < -0.3 is 14.6 Å². The maximum Gasteiger partial charge on any atom is 0.240 e. The zero-order valence-electron chi connectivity index (χ0n) is 12.0. The van der Waals surface area contributed by atoms with E-state index >= 15 is 0 Å². The predicted octanol–water partition coefficient (Wildman–Crippen LogP) is 1.44. The largest absolute Gasteiger partial charge is 0.376 e. The number of benzene rings is 1. The Morgan fingerprint density at radius 3 is 3.05 bits per heavy atom. The first-order valence-corrected chi connectivity index (χ1v) is 7.30. The minimum atomic E-state index is -0.467. The van der Waals surface area contributed by atoms with Crippen LogP contribution in [-0.4, -0.2) is 29.7 Å². The van der Waals surface area contributed by atoms with E-state index in [4.69, 9.17) is 4.74 Å². The number of hydrogen-bond acceptors (Lipinski definition) is 3. The monoisotopic (exact) mass is 304 g/mol. The number of fused-ring (bicyclic) bond motifs is 1. The second-order valence-electron chi connectivity index (χ2n) is 5.41. The van der Waals surface area contributed by atoms with Crippen molar-refractivity contribution in [3.8, 4) is 0 Å². The number of carbonyl (C=O) groups excluding carboxylic acids is 1. The van der Waals surface area contributed by atoms with Gasteiger partial charge >= 0.3 is 0 Å². The van der Waals surface area contributed by atoms with Crippen molar-refractivity contribution in [1.29, 1.82) is 0 Å². The number of nitrogens with zero attached hydrogens (tertiary/aromatic N) is 1. The Bertz CT molecular complexity index is 751. The van der Waals surface area contributed by atoms with Gasteiger partial charge in [-0.05, 0) is 31.0 Å². The summed E-state index contributed by atoms with van der Waals surface area (Å²) in [7, 11) is 0. The van der Waals surface area contributed by atoms with Gasteiger partial charge in [-0.2, -0.15) is 0 Å². The number of pyridine rings is 1. The van der Waals surface area contributed by atoms with Crippen LogP contribution in [0.15, 0.2) is 35.3 Å². The van der Waals surface area contributed by atoms with E-state index < -0.39 is 5.82 Å². The number of ether oxygens (including phenoxy) is 1. The van der Waals surface area contributed by atoms with Gasteiger partial charge in [-0.1, -0.05) is 0 Å². The molecule has 0 radical (unpaired) electrons. The molecule has 1 fully saturated rings. The Balaban J connectivity index is 1.74. The SMILES string of the molecule is O=C(Cn1ccc(=O)c2cc(F)ccc21)NC[C@@H]1CCCO1. The Kier molecular flexibility index (Phi) is 4.20. The van der Waals surface area contributed by atoms with Crippen molar-refractivity contribution < 1.29 is 13.9 Å². The fraction of sp³-hybridized carbons (Fsp3) is 0.375. The fourth-order valence-corrected chi connectivity index (χ4v) is 2.67. The normalized spacial score (nSPS) is 17.8. The number of aromatic nitrogens is 1. The van der Waals surface area contributed by atoms with Gasteiger partial charge in [-0.25, -0.2) is 4.39 Å². The zero-order chi connectivity index (χ0) is 15.5. The Morgan fingerprint density at radius 1 is 1.41 bits per heavy atom. The van der Waals surface area contributed by atoms with Crippen LogP contribution in [0, 0.1) is 5.82 Å².